The Hall–Kier alpha value is -2.61. The summed E-state index contributed by atoms with van der Waals surface area (Å²) < 4.78 is 5.55. The molecule has 8 nitrogen and oxygen atoms in total. The standard InChI is InChI=1S/C16H19N5O3/c1-17-15-19-18-14(24-15)13-8-7-12-9-20(13)16(22)21(12)23-10-11-5-3-2-4-6-11/h2-6,12-13H,7-10H2,1H3,(H,17,19)/t12-,13+/m1/s1. The van der Waals surface area contributed by atoms with Crippen LogP contribution in [0.15, 0.2) is 34.7 Å². The quantitative estimate of drug-likeness (QED) is 0.905. The fourth-order valence-electron chi connectivity index (χ4n) is 3.24. The molecule has 0 aliphatic carbocycles. The fraction of sp³-hybridized carbons (Fsp3) is 0.438. The van der Waals surface area contributed by atoms with Crippen LogP contribution in [-0.2, 0) is 11.4 Å². The van der Waals surface area contributed by atoms with Crippen molar-refractivity contribution in [3.63, 3.8) is 0 Å². The van der Waals surface area contributed by atoms with E-state index in [-0.39, 0.29) is 18.1 Å². The molecular formula is C16H19N5O3. The predicted octanol–water partition coefficient (Wildman–Crippen LogP) is 2.18. The van der Waals surface area contributed by atoms with Gasteiger partial charge in [0.15, 0.2) is 0 Å². The van der Waals surface area contributed by atoms with Gasteiger partial charge in [-0.15, -0.1) is 5.10 Å². The first-order chi connectivity index (χ1) is 11.8. The first kappa shape index (κ1) is 14.9. The number of hydrogen-bond donors (Lipinski definition) is 1. The zero-order valence-corrected chi connectivity index (χ0v) is 13.4. The predicted molar refractivity (Wildman–Crippen MR) is 84.8 cm³/mol. The van der Waals surface area contributed by atoms with Crippen molar-refractivity contribution in [2.75, 3.05) is 18.9 Å². The number of anilines is 1. The molecule has 1 N–H and O–H groups in total. The van der Waals surface area contributed by atoms with E-state index in [9.17, 15) is 4.79 Å². The van der Waals surface area contributed by atoms with Crippen molar-refractivity contribution in [2.45, 2.75) is 31.5 Å². The van der Waals surface area contributed by atoms with Gasteiger partial charge in [0.2, 0.25) is 5.89 Å². The molecule has 2 atom stereocenters. The molecule has 126 valence electrons. The van der Waals surface area contributed by atoms with Crippen molar-refractivity contribution < 1.29 is 14.0 Å². The first-order valence-electron chi connectivity index (χ1n) is 8.04. The van der Waals surface area contributed by atoms with Gasteiger partial charge in [-0.25, -0.2) is 4.79 Å². The number of carbonyl (C=O) groups is 1. The number of aromatic nitrogens is 2. The number of piperidine rings is 1. The van der Waals surface area contributed by atoms with E-state index in [0.717, 1.165) is 18.4 Å². The molecule has 3 heterocycles. The van der Waals surface area contributed by atoms with Gasteiger partial charge in [-0.3, -0.25) is 4.84 Å². The molecule has 2 amide bonds. The van der Waals surface area contributed by atoms with Crippen LogP contribution < -0.4 is 5.32 Å². The Kier molecular flexibility index (Phi) is 3.81. The summed E-state index contributed by atoms with van der Waals surface area (Å²) in [6.45, 7) is 1.00. The van der Waals surface area contributed by atoms with Crippen molar-refractivity contribution in [3.8, 4) is 0 Å². The summed E-state index contributed by atoms with van der Waals surface area (Å²) in [6.07, 6.45) is 1.63. The molecular weight excluding hydrogens is 310 g/mol. The molecule has 2 bridgehead atoms. The number of carbonyl (C=O) groups excluding carboxylic acids is 1. The number of amides is 2. The molecule has 8 heteroatoms. The van der Waals surface area contributed by atoms with Gasteiger partial charge in [0.05, 0.1) is 6.04 Å². The summed E-state index contributed by atoms with van der Waals surface area (Å²) in [5.41, 5.74) is 1.04. The number of hydrogen-bond acceptors (Lipinski definition) is 6. The van der Waals surface area contributed by atoms with E-state index < -0.39 is 0 Å². The van der Waals surface area contributed by atoms with Crippen LogP contribution in [0.4, 0.5) is 10.8 Å². The van der Waals surface area contributed by atoms with Gasteiger partial charge in [-0.05, 0) is 18.4 Å². The number of nitrogens with zero attached hydrogens (tertiary/aromatic N) is 4. The second kappa shape index (κ2) is 6.12. The molecule has 0 spiro atoms. The van der Waals surface area contributed by atoms with E-state index in [4.69, 9.17) is 9.25 Å². The number of nitrogens with one attached hydrogen (secondary N) is 1. The monoisotopic (exact) mass is 329 g/mol. The van der Waals surface area contributed by atoms with E-state index >= 15 is 0 Å². The number of rotatable bonds is 5. The lowest BCUT2D eigenvalue weighted by atomic mass is 10.0. The van der Waals surface area contributed by atoms with Gasteiger partial charge in [0, 0.05) is 13.6 Å². The fourth-order valence-corrected chi connectivity index (χ4v) is 3.24. The van der Waals surface area contributed by atoms with E-state index in [1.165, 1.54) is 5.06 Å². The Morgan fingerprint density at radius 1 is 1.29 bits per heavy atom. The average Bonchev–Trinajstić information content (AvgIpc) is 3.19. The lowest BCUT2D eigenvalue weighted by Crippen LogP contribution is -2.34. The van der Waals surface area contributed by atoms with Crippen LogP contribution in [0.3, 0.4) is 0 Å². The second-order valence-corrected chi connectivity index (χ2v) is 5.96. The third-order valence-corrected chi connectivity index (χ3v) is 4.48. The smallest absolute Gasteiger partial charge is 0.345 e. The Bertz CT molecular complexity index is 720. The molecule has 1 aromatic heterocycles. The van der Waals surface area contributed by atoms with Crippen molar-refractivity contribution >= 4 is 12.0 Å². The van der Waals surface area contributed by atoms with Gasteiger partial charge in [-0.1, -0.05) is 35.4 Å². The zero-order chi connectivity index (χ0) is 16.5. The highest BCUT2D eigenvalue weighted by Crippen LogP contribution is 2.38. The Morgan fingerprint density at radius 3 is 2.88 bits per heavy atom. The normalized spacial score (nSPS) is 23.0. The average molecular weight is 329 g/mol. The molecule has 2 aromatic rings. The zero-order valence-electron chi connectivity index (χ0n) is 13.4. The van der Waals surface area contributed by atoms with Gasteiger partial charge >= 0.3 is 12.0 Å². The molecule has 0 saturated carbocycles. The van der Waals surface area contributed by atoms with Crippen molar-refractivity contribution in [2.24, 2.45) is 0 Å². The van der Waals surface area contributed by atoms with Gasteiger partial charge in [0.25, 0.3) is 0 Å². The van der Waals surface area contributed by atoms with E-state index in [1.807, 2.05) is 30.3 Å². The Labute approximate surface area is 139 Å². The van der Waals surface area contributed by atoms with Crippen molar-refractivity contribution in [1.82, 2.24) is 20.2 Å². The van der Waals surface area contributed by atoms with Crippen LogP contribution in [0.2, 0.25) is 0 Å². The maximum atomic E-state index is 12.7. The Balaban J connectivity index is 1.46. The summed E-state index contributed by atoms with van der Waals surface area (Å²) in [5.74, 6) is 0.469. The topological polar surface area (TPSA) is 83.7 Å². The number of fused-ring (bicyclic) bond motifs is 2. The lowest BCUT2D eigenvalue weighted by Gasteiger charge is -2.27. The molecule has 0 radical (unpaired) electrons. The van der Waals surface area contributed by atoms with Gasteiger partial charge < -0.3 is 14.6 Å². The minimum Gasteiger partial charge on any atom is -0.406 e. The molecule has 1 aromatic carbocycles. The van der Waals surface area contributed by atoms with Gasteiger partial charge in [0.1, 0.15) is 12.6 Å². The summed E-state index contributed by atoms with van der Waals surface area (Å²) in [4.78, 5) is 20.2. The minimum absolute atomic E-state index is 0.0733. The van der Waals surface area contributed by atoms with Gasteiger partial charge in [-0.2, -0.15) is 5.06 Å². The maximum Gasteiger partial charge on any atom is 0.345 e. The highest BCUT2D eigenvalue weighted by Gasteiger charge is 2.47. The number of benzene rings is 1. The van der Waals surface area contributed by atoms with Crippen LogP contribution in [0, 0.1) is 0 Å². The second-order valence-electron chi connectivity index (χ2n) is 5.96. The summed E-state index contributed by atoms with van der Waals surface area (Å²) in [7, 11) is 1.72. The summed E-state index contributed by atoms with van der Waals surface area (Å²) in [6, 6.07) is 9.93. The van der Waals surface area contributed by atoms with Crippen LogP contribution in [0.1, 0.15) is 30.3 Å². The molecule has 2 fully saturated rings. The molecule has 2 aliphatic rings. The molecule has 0 unspecified atom stereocenters. The van der Waals surface area contributed by atoms with E-state index in [2.05, 4.69) is 15.5 Å². The largest absolute Gasteiger partial charge is 0.406 e. The number of hydroxylamine groups is 2. The van der Waals surface area contributed by atoms with E-state index in [0.29, 0.717) is 25.1 Å². The van der Waals surface area contributed by atoms with Crippen molar-refractivity contribution in [1.29, 1.82) is 0 Å². The van der Waals surface area contributed by atoms with Crippen LogP contribution in [-0.4, -0.2) is 45.8 Å². The SMILES string of the molecule is CNc1nnc([C@@H]2CC[C@@H]3CN2C(=O)N3OCc2ccccc2)o1. The van der Waals surface area contributed by atoms with Crippen molar-refractivity contribution in [3.05, 3.63) is 41.8 Å². The van der Waals surface area contributed by atoms with Crippen LogP contribution >= 0.6 is 0 Å². The van der Waals surface area contributed by atoms with Crippen LogP contribution in [0.5, 0.6) is 0 Å². The first-order valence-corrected chi connectivity index (χ1v) is 8.04. The molecule has 4 rings (SSSR count). The minimum atomic E-state index is -0.186. The van der Waals surface area contributed by atoms with Crippen LogP contribution in [0.25, 0.3) is 0 Å². The lowest BCUT2D eigenvalue weighted by molar-refractivity contribution is -0.140. The highest BCUT2D eigenvalue weighted by atomic mass is 16.7. The molecule has 2 saturated heterocycles. The molecule has 2 aliphatic heterocycles. The maximum absolute atomic E-state index is 12.7. The highest BCUT2D eigenvalue weighted by molar-refractivity contribution is 5.77. The third kappa shape index (κ3) is 2.58. The summed E-state index contributed by atoms with van der Waals surface area (Å²) in [5, 5.41) is 12.3. The van der Waals surface area contributed by atoms with E-state index in [1.54, 1.807) is 11.9 Å². The number of urea groups is 1. The molecule has 24 heavy (non-hydrogen) atoms. The third-order valence-electron chi connectivity index (χ3n) is 4.48. The summed E-state index contributed by atoms with van der Waals surface area (Å²) >= 11 is 0. The Morgan fingerprint density at radius 2 is 2.12 bits per heavy atom.